The van der Waals surface area contributed by atoms with E-state index in [1.54, 1.807) is 11.3 Å². The summed E-state index contributed by atoms with van der Waals surface area (Å²) < 4.78 is 1.13. The Labute approximate surface area is 132 Å². The van der Waals surface area contributed by atoms with E-state index >= 15 is 0 Å². The van der Waals surface area contributed by atoms with Crippen molar-refractivity contribution < 1.29 is 9.90 Å². The summed E-state index contributed by atoms with van der Waals surface area (Å²) in [5.74, 6) is 0.359. The number of carbonyl (C=O) groups excluding carboxylic acids is 1. The van der Waals surface area contributed by atoms with E-state index in [2.05, 4.69) is 5.32 Å². The van der Waals surface area contributed by atoms with Gasteiger partial charge < -0.3 is 10.4 Å². The fraction of sp³-hybridized carbons (Fsp3) is 0.438. The lowest BCUT2D eigenvalue weighted by atomic mass is 9.96. The molecule has 3 rings (SSSR count). The highest BCUT2D eigenvalue weighted by Gasteiger charge is 2.42. The zero-order chi connectivity index (χ0) is 15.0. The molecule has 0 radical (unpaired) electrons. The fourth-order valence-corrected chi connectivity index (χ4v) is 3.83. The molecule has 2 N–H and O–H groups in total. The van der Waals surface area contributed by atoms with Crippen molar-refractivity contribution in [3.05, 3.63) is 34.2 Å². The maximum atomic E-state index is 12.3. The van der Waals surface area contributed by atoms with E-state index in [1.807, 2.05) is 30.5 Å². The molecule has 1 fully saturated rings. The molecule has 0 spiro atoms. The summed E-state index contributed by atoms with van der Waals surface area (Å²) in [4.78, 5) is 12.3. The summed E-state index contributed by atoms with van der Waals surface area (Å²) in [7, 11) is 0. The Balaban J connectivity index is 1.75. The average Bonchev–Trinajstić information content (AvgIpc) is 3.24. The summed E-state index contributed by atoms with van der Waals surface area (Å²) in [6.07, 6.45) is 2.48. The third kappa shape index (κ3) is 3.07. The van der Waals surface area contributed by atoms with Crippen LogP contribution in [0.1, 0.15) is 25.3 Å². The lowest BCUT2D eigenvalue weighted by Crippen LogP contribution is -2.51. The van der Waals surface area contributed by atoms with Gasteiger partial charge >= 0.3 is 0 Å². The molecule has 1 heterocycles. The highest BCUT2D eigenvalue weighted by atomic mass is 35.5. The summed E-state index contributed by atoms with van der Waals surface area (Å²) in [6, 6.07) is 5.74. The molecular formula is C16H18ClNO2S. The van der Waals surface area contributed by atoms with Crippen LogP contribution >= 0.6 is 22.9 Å². The smallest absolute Gasteiger partial charge is 0.224 e. The van der Waals surface area contributed by atoms with Crippen molar-refractivity contribution in [3.63, 3.8) is 0 Å². The van der Waals surface area contributed by atoms with Crippen molar-refractivity contribution >= 4 is 38.9 Å². The van der Waals surface area contributed by atoms with Crippen molar-refractivity contribution in [3.8, 4) is 0 Å². The molecule has 2 aromatic rings. The van der Waals surface area contributed by atoms with Crippen LogP contribution in [0.4, 0.5) is 0 Å². The third-order valence-electron chi connectivity index (χ3n) is 4.20. The van der Waals surface area contributed by atoms with Gasteiger partial charge in [-0.2, -0.15) is 0 Å². The lowest BCUT2D eigenvalue weighted by molar-refractivity contribution is -0.123. The maximum absolute atomic E-state index is 12.3. The first kappa shape index (κ1) is 14.8. The van der Waals surface area contributed by atoms with Crippen LogP contribution in [-0.4, -0.2) is 23.2 Å². The minimum atomic E-state index is -0.486. The van der Waals surface area contributed by atoms with Crippen LogP contribution in [0.3, 0.4) is 0 Å². The van der Waals surface area contributed by atoms with Gasteiger partial charge in [0.05, 0.1) is 18.6 Å². The molecule has 1 aliphatic rings. The number of rotatable bonds is 5. The van der Waals surface area contributed by atoms with Gasteiger partial charge in [0.2, 0.25) is 5.91 Å². The van der Waals surface area contributed by atoms with Gasteiger partial charge in [-0.1, -0.05) is 11.6 Å². The quantitative estimate of drug-likeness (QED) is 0.886. The molecule has 1 aliphatic carbocycles. The minimum absolute atomic E-state index is 0.0143. The third-order valence-corrected chi connectivity index (χ3v) is 5.45. The average molecular weight is 324 g/mol. The monoisotopic (exact) mass is 323 g/mol. The van der Waals surface area contributed by atoms with Crippen molar-refractivity contribution in [2.75, 3.05) is 6.61 Å². The SMILES string of the molecule is CC(CO)(NC(=O)Cc1csc2ccc(Cl)cc12)C1CC1. The van der Waals surface area contributed by atoms with E-state index in [4.69, 9.17) is 11.6 Å². The number of aliphatic hydroxyl groups excluding tert-OH is 1. The van der Waals surface area contributed by atoms with Gasteiger partial charge in [0.1, 0.15) is 0 Å². The van der Waals surface area contributed by atoms with Crippen LogP contribution in [0.5, 0.6) is 0 Å². The van der Waals surface area contributed by atoms with Crippen LogP contribution in [0.2, 0.25) is 5.02 Å². The van der Waals surface area contributed by atoms with E-state index < -0.39 is 5.54 Å². The number of fused-ring (bicyclic) bond motifs is 1. The Bertz CT molecular complexity index is 680. The standard InChI is InChI=1S/C16H18ClNO2S/c1-16(9-19,11-2-3-11)18-15(20)6-10-8-21-14-5-4-12(17)7-13(10)14/h4-5,7-8,11,19H,2-3,6,9H2,1H3,(H,18,20). The van der Waals surface area contributed by atoms with Crippen molar-refractivity contribution in [1.29, 1.82) is 0 Å². The Morgan fingerprint density at radius 2 is 2.29 bits per heavy atom. The zero-order valence-corrected chi connectivity index (χ0v) is 13.4. The molecule has 5 heteroatoms. The minimum Gasteiger partial charge on any atom is -0.394 e. The summed E-state index contributed by atoms with van der Waals surface area (Å²) >= 11 is 7.65. The molecule has 0 bridgehead atoms. The van der Waals surface area contributed by atoms with Gasteiger partial charge in [-0.25, -0.2) is 0 Å². The Morgan fingerprint density at radius 1 is 1.52 bits per heavy atom. The number of hydrogen-bond acceptors (Lipinski definition) is 3. The second-order valence-electron chi connectivity index (χ2n) is 5.98. The molecule has 112 valence electrons. The molecule has 3 nitrogen and oxygen atoms in total. The zero-order valence-electron chi connectivity index (χ0n) is 11.9. The maximum Gasteiger partial charge on any atom is 0.224 e. The second-order valence-corrected chi connectivity index (χ2v) is 7.32. The van der Waals surface area contributed by atoms with E-state index in [0.29, 0.717) is 17.4 Å². The van der Waals surface area contributed by atoms with Crippen LogP contribution in [0.15, 0.2) is 23.6 Å². The molecule has 1 amide bonds. The van der Waals surface area contributed by atoms with Gasteiger partial charge in [0, 0.05) is 9.72 Å². The van der Waals surface area contributed by atoms with Crippen molar-refractivity contribution in [1.82, 2.24) is 5.32 Å². The summed E-state index contributed by atoms with van der Waals surface area (Å²) in [6.45, 7) is 1.91. The van der Waals surface area contributed by atoms with E-state index in [-0.39, 0.29) is 12.5 Å². The number of hydrogen-bond donors (Lipinski definition) is 2. The largest absolute Gasteiger partial charge is 0.394 e. The Hall–Kier alpha value is -1.10. The molecule has 1 atom stereocenters. The molecule has 21 heavy (non-hydrogen) atoms. The van der Waals surface area contributed by atoms with Gasteiger partial charge in [-0.05, 0) is 60.2 Å². The van der Waals surface area contributed by atoms with E-state index in [1.165, 1.54) is 0 Å². The van der Waals surface area contributed by atoms with Crippen molar-refractivity contribution in [2.45, 2.75) is 31.7 Å². The highest BCUT2D eigenvalue weighted by molar-refractivity contribution is 7.17. The molecule has 1 unspecified atom stereocenters. The summed E-state index contributed by atoms with van der Waals surface area (Å²) in [5.41, 5.74) is 0.506. The number of nitrogens with one attached hydrogen (secondary N) is 1. The first-order chi connectivity index (χ1) is 10.0. The van der Waals surface area contributed by atoms with Crippen LogP contribution in [-0.2, 0) is 11.2 Å². The van der Waals surface area contributed by atoms with E-state index in [9.17, 15) is 9.90 Å². The van der Waals surface area contributed by atoms with Crippen molar-refractivity contribution in [2.24, 2.45) is 5.92 Å². The molecule has 1 aromatic carbocycles. The number of aliphatic hydroxyl groups is 1. The highest BCUT2D eigenvalue weighted by Crippen LogP contribution is 2.39. The lowest BCUT2D eigenvalue weighted by Gasteiger charge is -2.28. The van der Waals surface area contributed by atoms with Gasteiger partial charge in [-0.3, -0.25) is 4.79 Å². The Morgan fingerprint density at radius 3 is 2.95 bits per heavy atom. The first-order valence-electron chi connectivity index (χ1n) is 7.09. The topological polar surface area (TPSA) is 49.3 Å². The van der Waals surface area contributed by atoms with Gasteiger partial charge in [-0.15, -0.1) is 11.3 Å². The number of halogens is 1. The number of benzene rings is 1. The Kier molecular flexibility index (Phi) is 3.95. The predicted octanol–water partition coefficient (Wildman–Crippen LogP) is 3.37. The molecule has 0 saturated heterocycles. The van der Waals surface area contributed by atoms with Gasteiger partial charge in [0.15, 0.2) is 0 Å². The van der Waals surface area contributed by atoms with Crippen LogP contribution in [0, 0.1) is 5.92 Å². The summed E-state index contributed by atoms with van der Waals surface area (Å²) in [5, 5.41) is 16.3. The van der Waals surface area contributed by atoms with Crippen LogP contribution in [0.25, 0.3) is 10.1 Å². The number of thiophene rings is 1. The predicted molar refractivity (Wildman–Crippen MR) is 86.9 cm³/mol. The normalized spacial score (nSPS) is 17.7. The molecule has 1 saturated carbocycles. The van der Waals surface area contributed by atoms with Crippen LogP contribution < -0.4 is 5.32 Å². The van der Waals surface area contributed by atoms with Gasteiger partial charge in [0.25, 0.3) is 0 Å². The fourth-order valence-electron chi connectivity index (χ4n) is 2.72. The van der Waals surface area contributed by atoms with E-state index in [0.717, 1.165) is 28.5 Å². The first-order valence-corrected chi connectivity index (χ1v) is 8.35. The molecular weight excluding hydrogens is 306 g/mol. The number of amides is 1. The molecule has 1 aromatic heterocycles. The number of carbonyl (C=O) groups is 1. The second kappa shape index (κ2) is 5.59. The molecule has 0 aliphatic heterocycles.